The molecular formula is C27H22Cl2FNO5. The molecule has 2 heterocycles. The molecule has 36 heavy (non-hydrogen) atoms. The molecule has 9 heteroatoms. The number of rotatable bonds is 5. The molecule has 6 nitrogen and oxygen atoms in total. The number of anilines is 1. The lowest BCUT2D eigenvalue weighted by molar-refractivity contribution is -0.137. The van der Waals surface area contributed by atoms with E-state index >= 15 is 0 Å². The van der Waals surface area contributed by atoms with E-state index in [-0.39, 0.29) is 16.2 Å². The van der Waals surface area contributed by atoms with Gasteiger partial charge in [0.25, 0.3) is 0 Å². The van der Waals surface area contributed by atoms with Crippen LogP contribution in [0.4, 0.5) is 10.1 Å². The summed E-state index contributed by atoms with van der Waals surface area (Å²) in [5.74, 6) is -2.11. The Morgan fingerprint density at radius 1 is 0.889 bits per heavy atom. The molecule has 0 amide bonds. The van der Waals surface area contributed by atoms with Gasteiger partial charge in [-0.3, -0.25) is 0 Å². The zero-order chi connectivity index (χ0) is 26.1. The number of methoxy groups -OCH3 is 2. The zero-order valence-electron chi connectivity index (χ0n) is 19.9. The van der Waals surface area contributed by atoms with E-state index in [1.807, 2.05) is 0 Å². The second-order valence-corrected chi connectivity index (χ2v) is 8.85. The van der Waals surface area contributed by atoms with Gasteiger partial charge in [0.15, 0.2) is 0 Å². The second kappa shape index (κ2) is 10.2. The predicted molar refractivity (Wildman–Crippen MR) is 135 cm³/mol. The number of ether oxygens (including phenoxy) is 2. The summed E-state index contributed by atoms with van der Waals surface area (Å²) in [5.41, 5.74) is 2.49. The van der Waals surface area contributed by atoms with Crippen LogP contribution in [-0.4, -0.2) is 26.2 Å². The van der Waals surface area contributed by atoms with Crippen LogP contribution in [0.2, 0.25) is 10.0 Å². The maximum atomic E-state index is 13.7. The molecule has 0 N–H and O–H groups in total. The Kier molecular flexibility index (Phi) is 7.24. The Morgan fingerprint density at radius 2 is 1.50 bits per heavy atom. The van der Waals surface area contributed by atoms with E-state index in [2.05, 4.69) is 0 Å². The van der Waals surface area contributed by atoms with Crippen LogP contribution in [0.5, 0.6) is 0 Å². The lowest BCUT2D eigenvalue weighted by Gasteiger charge is -2.37. The van der Waals surface area contributed by atoms with Gasteiger partial charge < -0.3 is 18.8 Å². The second-order valence-electron chi connectivity index (χ2n) is 8.03. The summed E-state index contributed by atoms with van der Waals surface area (Å²) in [4.78, 5) is 28.0. The van der Waals surface area contributed by atoms with Crippen molar-refractivity contribution in [1.82, 2.24) is 0 Å². The molecule has 186 valence electrons. The minimum atomic E-state index is -0.937. The minimum Gasteiger partial charge on any atom is -0.466 e. The highest BCUT2D eigenvalue weighted by Crippen LogP contribution is 2.46. The number of halogens is 3. The van der Waals surface area contributed by atoms with Crippen molar-refractivity contribution in [1.29, 1.82) is 0 Å². The average molecular weight is 530 g/mol. The van der Waals surface area contributed by atoms with Crippen molar-refractivity contribution in [2.45, 2.75) is 19.8 Å². The van der Waals surface area contributed by atoms with Crippen molar-refractivity contribution in [2.24, 2.45) is 0 Å². The Hall–Kier alpha value is -3.55. The first-order valence-electron chi connectivity index (χ1n) is 10.9. The van der Waals surface area contributed by atoms with Gasteiger partial charge in [0, 0.05) is 17.0 Å². The highest BCUT2D eigenvalue weighted by atomic mass is 35.5. The standard InChI is InChI=1S/C27H22Cl2FNO5/c1-14-23(26(32)34-3)25(22-12-11-21(36-22)16-9-10-19(30)18(29)13-16)24(27(33)35-4)15(2)31(14)20-8-6-5-7-17(20)28/h5-13,25H,1-4H3. The summed E-state index contributed by atoms with van der Waals surface area (Å²) in [6.07, 6.45) is 0. The van der Waals surface area contributed by atoms with Gasteiger partial charge in [-0.2, -0.15) is 0 Å². The van der Waals surface area contributed by atoms with E-state index in [4.69, 9.17) is 37.1 Å². The third-order valence-electron chi connectivity index (χ3n) is 6.05. The van der Waals surface area contributed by atoms with E-state index in [0.717, 1.165) is 0 Å². The van der Waals surface area contributed by atoms with Gasteiger partial charge >= 0.3 is 11.9 Å². The summed E-state index contributed by atoms with van der Waals surface area (Å²) >= 11 is 12.4. The van der Waals surface area contributed by atoms with Crippen LogP contribution in [0.25, 0.3) is 11.3 Å². The minimum absolute atomic E-state index is 0.0597. The van der Waals surface area contributed by atoms with Crippen molar-refractivity contribution in [2.75, 3.05) is 19.1 Å². The lowest BCUT2D eigenvalue weighted by atomic mass is 9.82. The van der Waals surface area contributed by atoms with Gasteiger partial charge in [0.05, 0.1) is 47.0 Å². The van der Waals surface area contributed by atoms with Crippen molar-refractivity contribution >= 4 is 40.8 Å². The Balaban J connectivity index is 1.94. The van der Waals surface area contributed by atoms with Crippen LogP contribution < -0.4 is 4.90 Å². The topological polar surface area (TPSA) is 69.0 Å². The quantitative estimate of drug-likeness (QED) is 0.335. The molecule has 0 spiro atoms. The van der Waals surface area contributed by atoms with E-state index in [1.165, 1.54) is 32.4 Å². The Labute approximate surface area is 217 Å². The van der Waals surface area contributed by atoms with Crippen molar-refractivity contribution in [3.8, 4) is 11.3 Å². The van der Waals surface area contributed by atoms with Crippen molar-refractivity contribution in [3.05, 3.63) is 98.8 Å². The SMILES string of the molecule is COC(=O)C1=C(C)N(c2ccccc2Cl)C(C)=C(C(=O)OC)C1c1ccc(-c2ccc(F)c(Cl)c2)o1. The van der Waals surface area contributed by atoms with Gasteiger partial charge in [-0.15, -0.1) is 0 Å². The number of hydrogen-bond acceptors (Lipinski definition) is 6. The number of esters is 2. The molecule has 0 aliphatic carbocycles. The summed E-state index contributed by atoms with van der Waals surface area (Å²) in [6.45, 7) is 3.48. The highest BCUT2D eigenvalue weighted by molar-refractivity contribution is 6.33. The van der Waals surface area contributed by atoms with Crippen molar-refractivity contribution < 1.29 is 27.9 Å². The van der Waals surface area contributed by atoms with Crippen LogP contribution in [0.15, 0.2) is 81.6 Å². The van der Waals surface area contributed by atoms with Crippen LogP contribution in [0.3, 0.4) is 0 Å². The molecule has 0 radical (unpaired) electrons. The zero-order valence-corrected chi connectivity index (χ0v) is 21.4. The Morgan fingerprint density at radius 3 is 2.06 bits per heavy atom. The fourth-order valence-corrected chi connectivity index (χ4v) is 4.80. The molecule has 0 unspecified atom stereocenters. The summed E-state index contributed by atoms with van der Waals surface area (Å²) < 4.78 is 30.0. The third kappa shape index (κ3) is 4.40. The van der Waals surface area contributed by atoms with Gasteiger partial charge in [-0.05, 0) is 56.3 Å². The molecule has 1 aromatic heterocycles. The number of hydrogen-bond donors (Lipinski definition) is 0. The molecule has 1 aliphatic rings. The molecular weight excluding hydrogens is 508 g/mol. The summed E-state index contributed by atoms with van der Waals surface area (Å²) in [5, 5.41) is 0.368. The van der Waals surface area contributed by atoms with Crippen LogP contribution >= 0.6 is 23.2 Å². The average Bonchev–Trinajstić information content (AvgIpc) is 3.35. The van der Waals surface area contributed by atoms with Crippen LogP contribution in [0, 0.1) is 5.82 Å². The number of carbonyl (C=O) groups excluding carboxylic acids is 2. The number of benzene rings is 2. The first-order chi connectivity index (χ1) is 17.2. The summed E-state index contributed by atoms with van der Waals surface area (Å²) in [6, 6.07) is 14.6. The van der Waals surface area contributed by atoms with E-state index in [9.17, 15) is 14.0 Å². The highest BCUT2D eigenvalue weighted by Gasteiger charge is 2.42. The maximum Gasteiger partial charge on any atom is 0.336 e. The number of carbonyl (C=O) groups is 2. The number of furan rings is 1. The lowest BCUT2D eigenvalue weighted by Crippen LogP contribution is -2.35. The molecule has 0 bridgehead atoms. The van der Waals surface area contributed by atoms with Gasteiger partial charge in [0.1, 0.15) is 17.3 Å². The van der Waals surface area contributed by atoms with E-state index in [1.54, 1.807) is 55.1 Å². The van der Waals surface area contributed by atoms with Gasteiger partial charge in [-0.25, -0.2) is 14.0 Å². The molecule has 0 atom stereocenters. The van der Waals surface area contributed by atoms with Crippen LogP contribution in [-0.2, 0) is 19.1 Å². The molecule has 2 aromatic carbocycles. The number of allylic oxidation sites excluding steroid dienone is 2. The first-order valence-corrected chi connectivity index (χ1v) is 11.6. The molecule has 3 aromatic rings. The third-order valence-corrected chi connectivity index (χ3v) is 6.66. The Bertz CT molecular complexity index is 1390. The largest absolute Gasteiger partial charge is 0.466 e. The number of para-hydroxylation sites is 1. The first kappa shape index (κ1) is 25.5. The smallest absolute Gasteiger partial charge is 0.336 e. The molecule has 1 aliphatic heterocycles. The van der Waals surface area contributed by atoms with Crippen LogP contribution in [0.1, 0.15) is 25.5 Å². The number of nitrogens with zero attached hydrogens (tertiary/aromatic N) is 1. The van der Waals surface area contributed by atoms with Gasteiger partial charge in [-0.1, -0.05) is 35.3 Å². The normalized spacial score (nSPS) is 14.4. The van der Waals surface area contributed by atoms with E-state index < -0.39 is 23.7 Å². The predicted octanol–water partition coefficient (Wildman–Crippen LogP) is 6.89. The fraction of sp³-hybridized carbons (Fsp3) is 0.185. The van der Waals surface area contributed by atoms with E-state index in [0.29, 0.717) is 39.2 Å². The summed E-state index contributed by atoms with van der Waals surface area (Å²) in [7, 11) is 2.52. The molecule has 0 saturated carbocycles. The van der Waals surface area contributed by atoms with Crippen molar-refractivity contribution in [3.63, 3.8) is 0 Å². The van der Waals surface area contributed by atoms with Gasteiger partial charge in [0.2, 0.25) is 0 Å². The molecule has 0 fully saturated rings. The maximum absolute atomic E-state index is 13.7. The molecule has 0 saturated heterocycles. The fourth-order valence-electron chi connectivity index (χ4n) is 4.40. The molecule has 4 rings (SSSR count). The monoisotopic (exact) mass is 529 g/mol.